The van der Waals surface area contributed by atoms with E-state index in [1.165, 1.54) is 10.9 Å². The van der Waals surface area contributed by atoms with Gasteiger partial charge in [0.25, 0.3) is 0 Å². The Hall–Kier alpha value is -1.61. The Kier molecular flexibility index (Phi) is 7.24. The van der Waals surface area contributed by atoms with E-state index in [2.05, 4.69) is 0 Å². The Morgan fingerprint density at radius 2 is 2.16 bits per heavy atom. The van der Waals surface area contributed by atoms with Gasteiger partial charge in [0.2, 0.25) is 0 Å². The van der Waals surface area contributed by atoms with Crippen LogP contribution in [0.5, 0.6) is 0 Å². The zero-order chi connectivity index (χ0) is 18.4. The molecule has 5 N–H and O–H groups in total. The number of nitrogens with two attached hydrogens (primary N) is 2. The molecule has 2 aromatic rings. The standard InChI is InChI=1S/C15H17FN4OS2.C2H6/c16-10-6-12(9-3-4-9)14(23-8-11-2-1-5-22-11)13(7-10)20(18)15(21)19-17;1-2/h1-2,5-7,9H,3-4,8,17-18H2,(H,19,21);1-2H3. The highest BCUT2D eigenvalue weighted by Gasteiger charge is 2.30. The molecule has 3 rings (SSSR count). The normalized spacial score (nSPS) is 13.0. The molecule has 1 saturated carbocycles. The van der Waals surface area contributed by atoms with Gasteiger partial charge in [0.1, 0.15) is 5.82 Å². The number of hydrogen-bond acceptors (Lipinski definition) is 5. The summed E-state index contributed by atoms with van der Waals surface area (Å²) in [5, 5.41) is 2.88. The van der Waals surface area contributed by atoms with E-state index in [1.807, 2.05) is 36.8 Å². The van der Waals surface area contributed by atoms with Crippen molar-refractivity contribution in [3.05, 3.63) is 45.9 Å². The maximum absolute atomic E-state index is 14.0. The van der Waals surface area contributed by atoms with Crippen molar-refractivity contribution in [3.63, 3.8) is 0 Å². The van der Waals surface area contributed by atoms with Crippen LogP contribution in [0.15, 0.2) is 34.5 Å². The molecule has 0 radical (unpaired) electrons. The van der Waals surface area contributed by atoms with Gasteiger partial charge in [-0.3, -0.25) is 5.43 Å². The molecule has 1 aliphatic rings. The number of nitrogens with one attached hydrogen (secondary N) is 1. The zero-order valence-corrected chi connectivity index (χ0v) is 15.9. The van der Waals surface area contributed by atoms with Crippen LogP contribution >= 0.6 is 23.1 Å². The summed E-state index contributed by atoms with van der Waals surface area (Å²) in [5.41, 5.74) is 3.24. The van der Waals surface area contributed by atoms with Gasteiger partial charge in [-0.15, -0.1) is 23.1 Å². The number of hydrazine groups is 2. The number of amides is 2. The van der Waals surface area contributed by atoms with E-state index in [-0.39, 0.29) is 0 Å². The summed E-state index contributed by atoms with van der Waals surface area (Å²) >= 11 is 3.23. The number of halogens is 1. The van der Waals surface area contributed by atoms with Gasteiger partial charge in [-0.05, 0) is 41.8 Å². The maximum atomic E-state index is 14.0. The first-order valence-corrected chi connectivity index (χ1v) is 10.0. The van der Waals surface area contributed by atoms with E-state index in [9.17, 15) is 9.18 Å². The van der Waals surface area contributed by atoms with Gasteiger partial charge in [0.15, 0.2) is 0 Å². The largest absolute Gasteiger partial charge is 0.350 e. The Morgan fingerprint density at radius 1 is 1.44 bits per heavy atom. The molecule has 0 spiro atoms. The summed E-state index contributed by atoms with van der Waals surface area (Å²) in [6.07, 6.45) is 2.06. The molecule has 8 heteroatoms. The Labute approximate surface area is 155 Å². The van der Waals surface area contributed by atoms with Crippen molar-refractivity contribution >= 4 is 34.8 Å². The van der Waals surface area contributed by atoms with E-state index in [4.69, 9.17) is 11.7 Å². The van der Waals surface area contributed by atoms with Crippen LogP contribution in [0.4, 0.5) is 14.9 Å². The molecule has 1 fully saturated rings. The first kappa shape index (κ1) is 19.7. The summed E-state index contributed by atoms with van der Waals surface area (Å²) in [5.74, 6) is 11.6. The molecule has 0 saturated heterocycles. The van der Waals surface area contributed by atoms with E-state index < -0.39 is 11.8 Å². The number of thioether (sulfide) groups is 1. The highest BCUT2D eigenvalue weighted by molar-refractivity contribution is 7.98. The Morgan fingerprint density at radius 3 is 2.72 bits per heavy atom. The van der Waals surface area contributed by atoms with Crippen molar-refractivity contribution in [3.8, 4) is 0 Å². The number of anilines is 1. The summed E-state index contributed by atoms with van der Waals surface area (Å²) < 4.78 is 14.0. The molecule has 136 valence electrons. The van der Waals surface area contributed by atoms with Gasteiger partial charge in [-0.2, -0.15) is 0 Å². The van der Waals surface area contributed by atoms with Crippen molar-refractivity contribution in [1.29, 1.82) is 0 Å². The number of urea groups is 1. The van der Waals surface area contributed by atoms with Gasteiger partial charge in [-0.1, -0.05) is 19.9 Å². The molecule has 1 heterocycles. The Balaban J connectivity index is 0.00000109. The van der Waals surface area contributed by atoms with Crippen LogP contribution in [0.25, 0.3) is 0 Å². The lowest BCUT2D eigenvalue weighted by atomic mass is 10.1. The number of benzene rings is 1. The van der Waals surface area contributed by atoms with E-state index in [0.717, 1.165) is 34.1 Å². The molecule has 2 amide bonds. The van der Waals surface area contributed by atoms with Gasteiger partial charge in [0, 0.05) is 21.6 Å². The quantitative estimate of drug-likeness (QED) is 0.311. The van der Waals surface area contributed by atoms with Crippen molar-refractivity contribution in [2.75, 3.05) is 5.01 Å². The number of hydrogen-bond donors (Lipinski definition) is 3. The average molecular weight is 383 g/mol. The molecular weight excluding hydrogens is 359 g/mol. The molecule has 0 unspecified atom stereocenters. The fraction of sp³-hybridized carbons (Fsp3) is 0.353. The average Bonchev–Trinajstić information content (AvgIpc) is 3.36. The molecule has 0 bridgehead atoms. The molecule has 25 heavy (non-hydrogen) atoms. The van der Waals surface area contributed by atoms with Gasteiger partial charge < -0.3 is 0 Å². The third-order valence-electron chi connectivity index (χ3n) is 3.62. The highest BCUT2D eigenvalue weighted by atomic mass is 32.2. The summed E-state index contributed by atoms with van der Waals surface area (Å²) in [6, 6.07) is 6.18. The van der Waals surface area contributed by atoms with Crippen LogP contribution in [-0.4, -0.2) is 6.03 Å². The number of thiophene rings is 1. The predicted octanol–water partition coefficient (Wildman–Crippen LogP) is 4.35. The van der Waals surface area contributed by atoms with Crippen LogP contribution in [0.1, 0.15) is 43.0 Å². The lowest BCUT2D eigenvalue weighted by Crippen LogP contribution is -2.48. The third kappa shape index (κ3) is 4.94. The topological polar surface area (TPSA) is 84.4 Å². The Bertz CT molecular complexity index is 705. The number of nitrogens with zero attached hydrogens (tertiary/aromatic N) is 1. The summed E-state index contributed by atoms with van der Waals surface area (Å²) in [7, 11) is 0. The van der Waals surface area contributed by atoms with Crippen molar-refractivity contribution in [2.24, 2.45) is 11.7 Å². The highest BCUT2D eigenvalue weighted by Crippen LogP contribution is 2.48. The van der Waals surface area contributed by atoms with E-state index in [1.54, 1.807) is 29.2 Å². The summed E-state index contributed by atoms with van der Waals surface area (Å²) in [6.45, 7) is 4.00. The minimum atomic E-state index is -0.685. The molecule has 5 nitrogen and oxygen atoms in total. The van der Waals surface area contributed by atoms with Crippen molar-refractivity contribution in [2.45, 2.75) is 43.3 Å². The van der Waals surface area contributed by atoms with Gasteiger partial charge in [-0.25, -0.2) is 25.9 Å². The molecule has 0 atom stereocenters. The molecule has 1 aromatic carbocycles. The van der Waals surface area contributed by atoms with Crippen molar-refractivity contribution in [1.82, 2.24) is 5.43 Å². The molecular formula is C17H23FN4OS2. The fourth-order valence-corrected chi connectivity index (χ4v) is 4.37. The lowest BCUT2D eigenvalue weighted by Gasteiger charge is -2.21. The SMILES string of the molecule is CC.NNC(=O)N(N)c1cc(F)cc(C2CC2)c1SCc1cccs1. The van der Waals surface area contributed by atoms with Crippen molar-refractivity contribution < 1.29 is 9.18 Å². The van der Waals surface area contributed by atoms with Crippen LogP contribution < -0.4 is 22.1 Å². The second-order valence-electron chi connectivity index (χ2n) is 5.31. The lowest BCUT2D eigenvalue weighted by molar-refractivity contribution is 0.246. The minimum absolute atomic E-state index is 0.338. The molecule has 1 aromatic heterocycles. The van der Waals surface area contributed by atoms with E-state index in [0.29, 0.717) is 11.6 Å². The van der Waals surface area contributed by atoms with Crippen LogP contribution in [0.2, 0.25) is 0 Å². The first-order chi connectivity index (χ1) is 12.1. The zero-order valence-electron chi connectivity index (χ0n) is 14.3. The van der Waals surface area contributed by atoms with Crippen LogP contribution in [0, 0.1) is 5.82 Å². The third-order valence-corrected chi connectivity index (χ3v) is 5.87. The fourth-order valence-electron chi connectivity index (χ4n) is 2.35. The van der Waals surface area contributed by atoms with Crippen LogP contribution in [-0.2, 0) is 5.75 Å². The number of rotatable bonds is 5. The maximum Gasteiger partial charge on any atom is 0.350 e. The van der Waals surface area contributed by atoms with Gasteiger partial charge >= 0.3 is 6.03 Å². The molecule has 0 aliphatic heterocycles. The first-order valence-electron chi connectivity index (χ1n) is 8.14. The number of carbonyl (C=O) groups is 1. The minimum Gasteiger partial charge on any atom is -0.274 e. The van der Waals surface area contributed by atoms with Gasteiger partial charge in [0.05, 0.1) is 5.69 Å². The number of carbonyl (C=O) groups excluding carboxylic acids is 1. The van der Waals surface area contributed by atoms with E-state index >= 15 is 0 Å². The second-order valence-corrected chi connectivity index (χ2v) is 7.32. The summed E-state index contributed by atoms with van der Waals surface area (Å²) in [4.78, 5) is 13.8. The second kappa shape index (κ2) is 9.19. The predicted molar refractivity (Wildman–Crippen MR) is 103 cm³/mol. The molecule has 1 aliphatic carbocycles. The van der Waals surface area contributed by atoms with Crippen LogP contribution in [0.3, 0.4) is 0 Å². The monoisotopic (exact) mass is 382 g/mol. The smallest absolute Gasteiger partial charge is 0.274 e.